The van der Waals surface area contributed by atoms with Crippen LogP contribution in [0.2, 0.25) is 15.1 Å². The van der Waals surface area contributed by atoms with E-state index < -0.39 is 0 Å². The van der Waals surface area contributed by atoms with E-state index in [4.69, 9.17) is 39.9 Å². The highest BCUT2D eigenvalue weighted by molar-refractivity contribution is 6.43. The van der Waals surface area contributed by atoms with Crippen molar-refractivity contribution in [3.63, 3.8) is 0 Å². The van der Waals surface area contributed by atoms with Crippen molar-refractivity contribution in [2.45, 2.75) is 20.3 Å². The third-order valence-electron chi connectivity index (χ3n) is 3.56. The number of hydrogen-bond donors (Lipinski definition) is 1. The Kier molecular flexibility index (Phi) is 6.79. The summed E-state index contributed by atoms with van der Waals surface area (Å²) >= 11 is 18.6. The van der Waals surface area contributed by atoms with Gasteiger partial charge in [0.15, 0.2) is 0 Å². The third kappa shape index (κ3) is 4.35. The summed E-state index contributed by atoms with van der Waals surface area (Å²) in [5, 5.41) is 11.5. The molecule has 2 aromatic carbocycles. The smallest absolute Gasteiger partial charge is 0.0845 e. The van der Waals surface area contributed by atoms with E-state index in [9.17, 15) is 0 Å². The molecular formula is C18H20Cl3N3. The molecule has 2 aromatic rings. The molecule has 0 bridgehead atoms. The molecule has 6 heteroatoms. The van der Waals surface area contributed by atoms with Crippen molar-refractivity contribution in [1.82, 2.24) is 0 Å². The topological polar surface area (TPSA) is 27.6 Å². The molecule has 0 atom stereocenters. The SMILES string of the molecule is CCCN(/N=C(/C)c1cc(Cl)ccc1NC)c1cccc(Cl)c1Cl. The van der Waals surface area contributed by atoms with Crippen molar-refractivity contribution in [2.75, 3.05) is 23.9 Å². The van der Waals surface area contributed by atoms with Crippen LogP contribution in [0.15, 0.2) is 41.5 Å². The summed E-state index contributed by atoms with van der Waals surface area (Å²) in [7, 11) is 1.87. The molecule has 1 N–H and O–H groups in total. The van der Waals surface area contributed by atoms with Crippen molar-refractivity contribution in [3.8, 4) is 0 Å². The lowest BCUT2D eigenvalue weighted by molar-refractivity contribution is 0.806. The van der Waals surface area contributed by atoms with E-state index in [1.165, 1.54) is 0 Å². The van der Waals surface area contributed by atoms with E-state index in [1.54, 1.807) is 6.07 Å². The maximum atomic E-state index is 6.36. The minimum absolute atomic E-state index is 0.504. The first-order chi connectivity index (χ1) is 11.5. The Morgan fingerprint density at radius 1 is 1.17 bits per heavy atom. The van der Waals surface area contributed by atoms with Crippen LogP contribution in [0.25, 0.3) is 0 Å². The number of hydrazone groups is 1. The zero-order valence-corrected chi connectivity index (χ0v) is 16.2. The van der Waals surface area contributed by atoms with Gasteiger partial charge >= 0.3 is 0 Å². The minimum atomic E-state index is 0.504. The second kappa shape index (κ2) is 8.61. The Morgan fingerprint density at radius 2 is 1.92 bits per heavy atom. The summed E-state index contributed by atoms with van der Waals surface area (Å²) in [5.74, 6) is 0. The third-order valence-corrected chi connectivity index (χ3v) is 4.60. The van der Waals surface area contributed by atoms with Crippen LogP contribution < -0.4 is 10.3 Å². The van der Waals surface area contributed by atoms with Gasteiger partial charge in [0.25, 0.3) is 0 Å². The lowest BCUT2D eigenvalue weighted by Gasteiger charge is -2.22. The zero-order chi connectivity index (χ0) is 17.7. The lowest BCUT2D eigenvalue weighted by Crippen LogP contribution is -2.20. The van der Waals surface area contributed by atoms with E-state index in [0.29, 0.717) is 15.1 Å². The monoisotopic (exact) mass is 383 g/mol. The molecule has 0 spiro atoms. The van der Waals surface area contributed by atoms with Gasteiger partial charge in [-0.3, -0.25) is 5.01 Å². The first-order valence-electron chi connectivity index (χ1n) is 7.72. The Bertz CT molecular complexity index is 744. The predicted octanol–water partition coefficient (Wildman–Crippen LogP) is 6.33. The normalized spacial score (nSPS) is 11.5. The summed E-state index contributed by atoms with van der Waals surface area (Å²) in [6.45, 7) is 4.77. The van der Waals surface area contributed by atoms with Gasteiger partial charge in [-0.1, -0.05) is 47.8 Å². The fourth-order valence-electron chi connectivity index (χ4n) is 2.40. The van der Waals surface area contributed by atoms with E-state index in [2.05, 4.69) is 12.2 Å². The molecule has 0 aliphatic heterocycles. The molecule has 0 amide bonds. The Hall–Kier alpha value is -1.42. The molecule has 0 aliphatic rings. The molecule has 0 saturated heterocycles. The number of anilines is 2. The number of rotatable bonds is 6. The van der Waals surface area contributed by atoms with Crippen LogP contribution in [0, 0.1) is 0 Å². The van der Waals surface area contributed by atoms with E-state index in [0.717, 1.165) is 35.6 Å². The molecule has 0 heterocycles. The Labute approximate surface area is 158 Å². The lowest BCUT2D eigenvalue weighted by atomic mass is 10.1. The van der Waals surface area contributed by atoms with E-state index in [1.807, 2.05) is 49.3 Å². The molecule has 0 fully saturated rings. The summed E-state index contributed by atoms with van der Waals surface area (Å²) in [6, 6.07) is 11.2. The molecular weight excluding hydrogens is 365 g/mol. The van der Waals surface area contributed by atoms with Crippen molar-refractivity contribution in [3.05, 3.63) is 57.0 Å². The van der Waals surface area contributed by atoms with E-state index >= 15 is 0 Å². The van der Waals surface area contributed by atoms with Gasteiger partial charge in [0, 0.05) is 29.9 Å². The highest BCUT2D eigenvalue weighted by Gasteiger charge is 2.13. The van der Waals surface area contributed by atoms with Crippen molar-refractivity contribution in [2.24, 2.45) is 5.10 Å². The molecule has 0 aliphatic carbocycles. The van der Waals surface area contributed by atoms with Crippen molar-refractivity contribution >= 4 is 51.9 Å². The average Bonchev–Trinajstić information content (AvgIpc) is 2.57. The van der Waals surface area contributed by atoms with Crippen molar-refractivity contribution in [1.29, 1.82) is 0 Å². The highest BCUT2D eigenvalue weighted by atomic mass is 35.5. The summed E-state index contributed by atoms with van der Waals surface area (Å²) in [4.78, 5) is 0. The van der Waals surface area contributed by atoms with Gasteiger partial charge in [-0.15, -0.1) is 0 Å². The Morgan fingerprint density at radius 3 is 2.58 bits per heavy atom. The van der Waals surface area contributed by atoms with Gasteiger partial charge < -0.3 is 5.32 Å². The number of nitrogens with zero attached hydrogens (tertiary/aromatic N) is 2. The van der Waals surface area contributed by atoms with Gasteiger partial charge in [0.1, 0.15) is 0 Å². The molecule has 0 aromatic heterocycles. The quantitative estimate of drug-likeness (QED) is 0.465. The van der Waals surface area contributed by atoms with E-state index in [-0.39, 0.29) is 0 Å². The van der Waals surface area contributed by atoms with Crippen LogP contribution in [0.3, 0.4) is 0 Å². The fraction of sp³-hybridized carbons (Fsp3) is 0.278. The number of nitrogens with one attached hydrogen (secondary N) is 1. The average molecular weight is 385 g/mol. The number of hydrogen-bond acceptors (Lipinski definition) is 3. The van der Waals surface area contributed by atoms with Crippen LogP contribution in [0.4, 0.5) is 11.4 Å². The maximum Gasteiger partial charge on any atom is 0.0845 e. The summed E-state index contributed by atoms with van der Waals surface area (Å²) in [6.07, 6.45) is 0.925. The van der Waals surface area contributed by atoms with Gasteiger partial charge in [-0.2, -0.15) is 5.10 Å². The minimum Gasteiger partial charge on any atom is -0.388 e. The standard InChI is InChI=1S/C18H20Cl3N3/c1-4-10-24(17-7-5-6-15(20)18(17)21)23-12(2)14-11-13(19)8-9-16(14)22-3/h5-9,11,22H,4,10H2,1-3H3/b23-12-. The summed E-state index contributed by atoms with van der Waals surface area (Å²) in [5.41, 5.74) is 3.54. The van der Waals surface area contributed by atoms with Gasteiger partial charge in [-0.25, -0.2) is 0 Å². The van der Waals surface area contributed by atoms with Gasteiger partial charge in [0.05, 0.1) is 21.4 Å². The molecule has 2 rings (SSSR count). The molecule has 0 saturated carbocycles. The Balaban J connectivity index is 2.47. The number of halogens is 3. The zero-order valence-electron chi connectivity index (χ0n) is 13.9. The second-order valence-electron chi connectivity index (χ2n) is 5.32. The van der Waals surface area contributed by atoms with Crippen LogP contribution in [0.5, 0.6) is 0 Å². The van der Waals surface area contributed by atoms with Crippen LogP contribution in [-0.2, 0) is 0 Å². The second-order valence-corrected chi connectivity index (χ2v) is 6.54. The maximum absolute atomic E-state index is 6.36. The van der Waals surface area contributed by atoms with Crippen LogP contribution in [0.1, 0.15) is 25.8 Å². The van der Waals surface area contributed by atoms with Crippen LogP contribution in [-0.4, -0.2) is 19.3 Å². The largest absolute Gasteiger partial charge is 0.388 e. The molecule has 0 unspecified atom stereocenters. The molecule has 3 nitrogen and oxygen atoms in total. The first-order valence-corrected chi connectivity index (χ1v) is 8.85. The van der Waals surface area contributed by atoms with Crippen LogP contribution >= 0.6 is 34.8 Å². The highest BCUT2D eigenvalue weighted by Crippen LogP contribution is 2.33. The van der Waals surface area contributed by atoms with Gasteiger partial charge in [-0.05, 0) is 43.7 Å². The van der Waals surface area contributed by atoms with Crippen molar-refractivity contribution < 1.29 is 0 Å². The molecule has 128 valence electrons. The predicted molar refractivity (Wildman–Crippen MR) is 107 cm³/mol. The summed E-state index contributed by atoms with van der Waals surface area (Å²) < 4.78 is 0. The first kappa shape index (κ1) is 18.9. The fourth-order valence-corrected chi connectivity index (χ4v) is 2.96. The molecule has 24 heavy (non-hydrogen) atoms. The number of benzene rings is 2. The molecule has 0 radical (unpaired) electrons. The van der Waals surface area contributed by atoms with Gasteiger partial charge in [0.2, 0.25) is 0 Å².